The first-order valence-electron chi connectivity index (χ1n) is 13.1. The largest absolute Gasteiger partial charge is 0.490 e. The van der Waals surface area contributed by atoms with Crippen molar-refractivity contribution in [3.05, 3.63) is 97.9 Å². The Morgan fingerprint density at radius 2 is 1.55 bits per heavy atom. The molecule has 6 heteroatoms. The Labute approximate surface area is 222 Å². The Balaban J connectivity index is 1.77. The lowest BCUT2D eigenvalue weighted by Gasteiger charge is -2.26. The number of hydrogen-bond donors (Lipinski definition) is 0. The maximum absolute atomic E-state index is 14.0. The summed E-state index contributed by atoms with van der Waals surface area (Å²) in [4.78, 5) is 29.7. The van der Waals surface area contributed by atoms with Crippen molar-refractivity contribution >= 4 is 22.6 Å². The summed E-state index contributed by atoms with van der Waals surface area (Å²) in [6.45, 7) is 13.0. The van der Waals surface area contributed by atoms with Gasteiger partial charge in [0.05, 0.1) is 30.2 Å². The Morgan fingerprint density at radius 3 is 2.26 bits per heavy atom. The van der Waals surface area contributed by atoms with Crippen molar-refractivity contribution in [1.82, 2.24) is 0 Å². The molecule has 1 amide bonds. The van der Waals surface area contributed by atoms with Crippen LogP contribution in [0.25, 0.3) is 11.0 Å². The van der Waals surface area contributed by atoms with Crippen LogP contribution in [0.1, 0.15) is 70.2 Å². The predicted octanol–water partition coefficient (Wildman–Crippen LogP) is 6.96. The second-order valence-electron chi connectivity index (χ2n) is 9.94. The molecule has 0 fully saturated rings. The molecule has 6 nitrogen and oxygen atoms in total. The van der Waals surface area contributed by atoms with Gasteiger partial charge in [-0.15, -0.1) is 0 Å². The smallest absolute Gasteiger partial charge is 0.295 e. The molecule has 1 unspecified atom stereocenters. The molecule has 1 atom stereocenters. The Kier molecular flexibility index (Phi) is 6.74. The highest BCUT2D eigenvalue weighted by Gasteiger charge is 2.44. The van der Waals surface area contributed by atoms with E-state index in [1.54, 1.807) is 4.90 Å². The zero-order valence-electron chi connectivity index (χ0n) is 22.8. The molecule has 3 aromatic carbocycles. The van der Waals surface area contributed by atoms with Gasteiger partial charge in [-0.05, 0) is 105 Å². The minimum Gasteiger partial charge on any atom is -0.490 e. The molecule has 4 aromatic rings. The molecule has 0 saturated heterocycles. The van der Waals surface area contributed by atoms with Crippen LogP contribution in [0.15, 0.2) is 57.7 Å². The standard InChI is InChI=1S/C32H33NO5/c1-7-13-37-25-12-10-22(17-27(25)36-8-2)29-28-30(34)24-15-20(5)21(6)16-26(24)38-31(28)32(35)33(29)23-11-9-18(3)19(4)14-23/h9-12,14-17,29H,7-8,13H2,1-6H3. The van der Waals surface area contributed by atoms with Crippen molar-refractivity contribution < 1.29 is 18.7 Å². The fourth-order valence-electron chi connectivity index (χ4n) is 4.98. The van der Waals surface area contributed by atoms with Crippen LogP contribution in [0.3, 0.4) is 0 Å². The fourth-order valence-corrected chi connectivity index (χ4v) is 4.98. The van der Waals surface area contributed by atoms with Crippen LogP contribution >= 0.6 is 0 Å². The first-order chi connectivity index (χ1) is 18.2. The molecule has 1 aliphatic rings. The molecule has 0 N–H and O–H groups in total. The van der Waals surface area contributed by atoms with Crippen molar-refractivity contribution in [1.29, 1.82) is 0 Å². The molecule has 5 rings (SSSR count). The van der Waals surface area contributed by atoms with E-state index in [0.29, 0.717) is 46.9 Å². The third kappa shape index (κ3) is 4.24. The number of hydrogen-bond acceptors (Lipinski definition) is 5. The molecular formula is C32H33NO5. The number of benzene rings is 3. The molecule has 0 saturated carbocycles. The van der Waals surface area contributed by atoms with Gasteiger partial charge in [0.1, 0.15) is 5.58 Å². The van der Waals surface area contributed by atoms with Gasteiger partial charge >= 0.3 is 0 Å². The van der Waals surface area contributed by atoms with E-state index in [1.165, 1.54) is 0 Å². The van der Waals surface area contributed by atoms with Gasteiger partial charge in [-0.25, -0.2) is 0 Å². The van der Waals surface area contributed by atoms with E-state index in [0.717, 1.165) is 34.2 Å². The highest BCUT2D eigenvalue weighted by atomic mass is 16.5. The maximum Gasteiger partial charge on any atom is 0.295 e. The summed E-state index contributed by atoms with van der Waals surface area (Å²) < 4.78 is 18.0. The zero-order valence-corrected chi connectivity index (χ0v) is 22.8. The number of carbonyl (C=O) groups excluding carboxylic acids is 1. The van der Waals surface area contributed by atoms with Crippen LogP contribution in [0.4, 0.5) is 5.69 Å². The highest BCUT2D eigenvalue weighted by Crippen LogP contribution is 2.43. The molecular weight excluding hydrogens is 478 g/mol. The average Bonchev–Trinajstić information content (AvgIpc) is 3.18. The summed E-state index contributed by atoms with van der Waals surface area (Å²) in [6, 6.07) is 14.5. The Bertz CT molecular complexity index is 1620. The van der Waals surface area contributed by atoms with Crippen LogP contribution in [-0.2, 0) is 0 Å². The topological polar surface area (TPSA) is 69.0 Å². The third-order valence-corrected chi connectivity index (χ3v) is 7.30. The molecule has 1 aliphatic heterocycles. The lowest BCUT2D eigenvalue weighted by atomic mass is 9.96. The highest BCUT2D eigenvalue weighted by molar-refractivity contribution is 6.10. The molecule has 2 heterocycles. The van der Waals surface area contributed by atoms with Crippen molar-refractivity contribution in [2.45, 2.75) is 54.0 Å². The van der Waals surface area contributed by atoms with Gasteiger partial charge in [0.25, 0.3) is 5.91 Å². The quantitative estimate of drug-likeness (QED) is 0.268. The van der Waals surface area contributed by atoms with E-state index in [9.17, 15) is 9.59 Å². The average molecular weight is 512 g/mol. The van der Waals surface area contributed by atoms with Crippen LogP contribution in [0.2, 0.25) is 0 Å². The van der Waals surface area contributed by atoms with Crippen LogP contribution in [-0.4, -0.2) is 19.1 Å². The van der Waals surface area contributed by atoms with E-state index < -0.39 is 6.04 Å². The van der Waals surface area contributed by atoms with Crippen molar-refractivity contribution in [2.75, 3.05) is 18.1 Å². The van der Waals surface area contributed by atoms with E-state index in [4.69, 9.17) is 13.9 Å². The summed E-state index contributed by atoms with van der Waals surface area (Å²) in [5.41, 5.74) is 6.18. The second-order valence-corrected chi connectivity index (χ2v) is 9.94. The molecule has 0 bridgehead atoms. The van der Waals surface area contributed by atoms with Crippen molar-refractivity contribution in [3.63, 3.8) is 0 Å². The van der Waals surface area contributed by atoms with Crippen LogP contribution < -0.4 is 19.8 Å². The van der Waals surface area contributed by atoms with Gasteiger partial charge in [0, 0.05) is 5.69 Å². The summed E-state index contributed by atoms with van der Waals surface area (Å²) in [5.74, 6) is 0.959. The summed E-state index contributed by atoms with van der Waals surface area (Å²) in [7, 11) is 0. The number of fused-ring (bicyclic) bond motifs is 2. The zero-order chi connectivity index (χ0) is 27.1. The summed E-state index contributed by atoms with van der Waals surface area (Å²) in [6.07, 6.45) is 0.866. The number of anilines is 1. The minimum absolute atomic E-state index is 0.0817. The van der Waals surface area contributed by atoms with Crippen molar-refractivity contribution in [2.24, 2.45) is 0 Å². The number of rotatable bonds is 7. The number of nitrogens with zero attached hydrogens (tertiary/aromatic N) is 1. The molecule has 1 aromatic heterocycles. The number of aryl methyl sites for hydroxylation is 4. The molecule has 38 heavy (non-hydrogen) atoms. The van der Waals surface area contributed by atoms with E-state index in [2.05, 4.69) is 0 Å². The lowest BCUT2D eigenvalue weighted by Crippen LogP contribution is -2.29. The molecule has 0 radical (unpaired) electrons. The van der Waals surface area contributed by atoms with E-state index in [1.807, 2.05) is 90.1 Å². The van der Waals surface area contributed by atoms with Gasteiger partial charge < -0.3 is 13.9 Å². The molecule has 0 spiro atoms. The molecule has 0 aliphatic carbocycles. The van der Waals surface area contributed by atoms with Gasteiger partial charge in [-0.2, -0.15) is 0 Å². The minimum atomic E-state index is -0.679. The van der Waals surface area contributed by atoms with Crippen LogP contribution in [0.5, 0.6) is 11.5 Å². The SMILES string of the molecule is CCCOc1ccc(C2c3c(oc4cc(C)c(C)cc4c3=O)C(=O)N2c2ccc(C)c(C)c2)cc1OCC. The monoisotopic (exact) mass is 511 g/mol. The second kappa shape index (κ2) is 10.0. The Hall–Kier alpha value is -4.06. The van der Waals surface area contributed by atoms with E-state index >= 15 is 0 Å². The first-order valence-corrected chi connectivity index (χ1v) is 13.1. The predicted molar refractivity (Wildman–Crippen MR) is 150 cm³/mol. The van der Waals surface area contributed by atoms with E-state index in [-0.39, 0.29) is 17.1 Å². The summed E-state index contributed by atoms with van der Waals surface area (Å²) >= 11 is 0. The normalized spacial score (nSPS) is 14.7. The maximum atomic E-state index is 14.0. The Morgan fingerprint density at radius 1 is 0.816 bits per heavy atom. The van der Waals surface area contributed by atoms with Gasteiger partial charge in [0.2, 0.25) is 5.76 Å². The number of amides is 1. The number of ether oxygens (including phenoxy) is 2. The van der Waals surface area contributed by atoms with Crippen LogP contribution in [0, 0.1) is 27.7 Å². The third-order valence-electron chi connectivity index (χ3n) is 7.30. The van der Waals surface area contributed by atoms with Crippen molar-refractivity contribution in [3.8, 4) is 11.5 Å². The number of carbonyl (C=O) groups is 1. The van der Waals surface area contributed by atoms with Gasteiger partial charge in [0.15, 0.2) is 16.9 Å². The van der Waals surface area contributed by atoms with Gasteiger partial charge in [-0.1, -0.05) is 19.1 Å². The molecule has 196 valence electrons. The van der Waals surface area contributed by atoms with Gasteiger partial charge in [-0.3, -0.25) is 14.5 Å². The lowest BCUT2D eigenvalue weighted by molar-refractivity contribution is 0.0971. The summed E-state index contributed by atoms with van der Waals surface area (Å²) in [5, 5.41) is 0.472. The fraction of sp³-hybridized carbons (Fsp3) is 0.312. The first kappa shape index (κ1) is 25.6.